The molecule has 0 amide bonds. The van der Waals surface area contributed by atoms with Crippen LogP contribution in [-0.4, -0.2) is 9.91 Å². The molecule has 0 aliphatic carbocycles. The summed E-state index contributed by atoms with van der Waals surface area (Å²) in [7, 11) is 0. The molecule has 0 radical (unpaired) electrons. The highest BCUT2D eigenvalue weighted by Gasteiger charge is 2.29. The average Bonchev–Trinajstić information content (AvgIpc) is 2.26. The first-order valence-corrected chi connectivity index (χ1v) is 4.46. The number of pyridine rings is 1. The van der Waals surface area contributed by atoms with E-state index in [0.717, 1.165) is 6.20 Å². The Kier molecular flexibility index (Phi) is 3.68. The summed E-state index contributed by atoms with van der Waals surface area (Å²) in [6.45, 7) is 0. The van der Waals surface area contributed by atoms with E-state index in [9.17, 15) is 18.9 Å². The Balaban J connectivity index is 3.58. The monoisotopic (exact) mass is 247 g/mol. The number of hydrogen-bond acceptors (Lipinski definition) is 4. The summed E-state index contributed by atoms with van der Waals surface area (Å²) in [6.07, 6.45) is -2.23. The Morgan fingerprint density at radius 3 is 2.69 bits per heavy atom. The van der Waals surface area contributed by atoms with E-state index in [1.165, 1.54) is 0 Å². The van der Waals surface area contributed by atoms with Crippen molar-refractivity contribution in [1.29, 1.82) is 5.26 Å². The molecule has 0 unspecified atom stereocenters. The molecule has 0 saturated carbocycles. The lowest BCUT2D eigenvalue weighted by Gasteiger charge is -2.05. The van der Waals surface area contributed by atoms with Crippen molar-refractivity contribution in [3.05, 3.63) is 33.1 Å². The molecule has 0 aromatic carbocycles. The molecule has 0 fully saturated rings. The van der Waals surface area contributed by atoms with Crippen molar-refractivity contribution in [2.75, 3.05) is 0 Å². The summed E-state index contributed by atoms with van der Waals surface area (Å²) in [4.78, 5) is 12.8. The van der Waals surface area contributed by atoms with Gasteiger partial charge in [-0.2, -0.15) is 5.26 Å². The molecular weight excluding hydrogens is 244 g/mol. The van der Waals surface area contributed by atoms with Crippen molar-refractivity contribution >= 4 is 17.3 Å². The highest BCUT2D eigenvalue weighted by molar-refractivity contribution is 6.17. The predicted molar refractivity (Wildman–Crippen MR) is 50.1 cm³/mol. The van der Waals surface area contributed by atoms with Crippen molar-refractivity contribution in [1.82, 2.24) is 4.98 Å². The molecular formula is C8H4ClF2N3O2. The topological polar surface area (TPSA) is 79.8 Å². The molecule has 0 N–H and O–H groups in total. The molecule has 0 bridgehead atoms. The third kappa shape index (κ3) is 2.06. The van der Waals surface area contributed by atoms with Crippen LogP contribution in [0.15, 0.2) is 6.20 Å². The first-order chi connectivity index (χ1) is 7.52. The van der Waals surface area contributed by atoms with Gasteiger partial charge in [0.1, 0.15) is 6.07 Å². The zero-order chi connectivity index (χ0) is 12.3. The van der Waals surface area contributed by atoms with Gasteiger partial charge >= 0.3 is 5.69 Å². The normalized spacial score (nSPS) is 10.2. The van der Waals surface area contributed by atoms with E-state index < -0.39 is 28.6 Å². The predicted octanol–water partition coefficient (Wildman–Crippen LogP) is 2.54. The van der Waals surface area contributed by atoms with Crippen LogP contribution < -0.4 is 0 Å². The maximum Gasteiger partial charge on any atom is 0.302 e. The number of halogens is 3. The van der Waals surface area contributed by atoms with E-state index in [-0.39, 0.29) is 11.1 Å². The highest BCUT2D eigenvalue weighted by Crippen LogP contribution is 2.32. The fourth-order valence-electron chi connectivity index (χ4n) is 1.15. The van der Waals surface area contributed by atoms with Crippen molar-refractivity contribution in [3.63, 3.8) is 0 Å². The van der Waals surface area contributed by atoms with Gasteiger partial charge in [-0.3, -0.25) is 10.1 Å². The van der Waals surface area contributed by atoms with Crippen LogP contribution in [0.4, 0.5) is 14.5 Å². The van der Waals surface area contributed by atoms with Crippen molar-refractivity contribution in [3.8, 4) is 6.07 Å². The van der Waals surface area contributed by atoms with Crippen LogP contribution in [0.2, 0.25) is 0 Å². The standard InChI is InChI=1S/C8H4ClF2N3O2/c9-1-5-4(2-12)3-13-6(8(10)11)7(5)14(15)16/h3,8H,1H2. The van der Waals surface area contributed by atoms with Gasteiger partial charge in [0.05, 0.1) is 21.9 Å². The lowest BCUT2D eigenvalue weighted by atomic mass is 10.1. The molecule has 1 heterocycles. The minimum absolute atomic E-state index is 0.175. The summed E-state index contributed by atoms with van der Waals surface area (Å²) >= 11 is 5.41. The van der Waals surface area contributed by atoms with Crippen LogP contribution in [0.1, 0.15) is 23.2 Å². The van der Waals surface area contributed by atoms with Gasteiger partial charge in [0.2, 0.25) is 0 Å². The zero-order valence-electron chi connectivity index (χ0n) is 7.65. The van der Waals surface area contributed by atoms with Crippen molar-refractivity contribution < 1.29 is 13.7 Å². The second-order valence-corrected chi connectivity index (χ2v) is 2.95. The SMILES string of the molecule is N#Cc1cnc(C(F)F)c([N+](=O)[O-])c1CCl. The van der Waals surface area contributed by atoms with Gasteiger partial charge in [0, 0.05) is 6.20 Å². The Hall–Kier alpha value is -1.81. The molecule has 0 spiro atoms. The fourth-order valence-corrected chi connectivity index (χ4v) is 1.42. The van der Waals surface area contributed by atoms with Crippen LogP contribution in [0.3, 0.4) is 0 Å². The molecule has 1 aromatic rings. The number of hydrogen-bond donors (Lipinski definition) is 0. The maximum absolute atomic E-state index is 12.4. The first kappa shape index (κ1) is 12.3. The number of nitrogens with zero attached hydrogens (tertiary/aromatic N) is 3. The summed E-state index contributed by atoms with van der Waals surface area (Å²) in [5.41, 5.74) is -2.27. The molecule has 8 heteroatoms. The molecule has 0 aliphatic rings. The molecule has 0 aliphatic heterocycles. The summed E-state index contributed by atoms with van der Waals surface area (Å²) in [5, 5.41) is 19.3. The largest absolute Gasteiger partial charge is 0.302 e. The van der Waals surface area contributed by atoms with Gasteiger partial charge in [-0.1, -0.05) is 0 Å². The number of rotatable bonds is 3. The van der Waals surface area contributed by atoms with E-state index in [1.807, 2.05) is 0 Å². The Labute approximate surface area is 93.4 Å². The van der Waals surface area contributed by atoms with Gasteiger partial charge in [0.25, 0.3) is 6.43 Å². The lowest BCUT2D eigenvalue weighted by molar-refractivity contribution is -0.387. The number of nitriles is 1. The van der Waals surface area contributed by atoms with Gasteiger partial charge in [-0.05, 0) is 0 Å². The third-order valence-electron chi connectivity index (χ3n) is 1.83. The van der Waals surface area contributed by atoms with Gasteiger partial charge in [-0.25, -0.2) is 13.8 Å². The van der Waals surface area contributed by atoms with Crippen LogP contribution >= 0.6 is 11.6 Å². The van der Waals surface area contributed by atoms with Crippen LogP contribution in [0, 0.1) is 21.4 Å². The lowest BCUT2D eigenvalue weighted by Crippen LogP contribution is -2.05. The van der Waals surface area contributed by atoms with E-state index in [0.29, 0.717) is 0 Å². The smallest absolute Gasteiger partial charge is 0.258 e. The Morgan fingerprint density at radius 1 is 1.69 bits per heavy atom. The van der Waals surface area contributed by atoms with Crippen molar-refractivity contribution in [2.24, 2.45) is 0 Å². The van der Waals surface area contributed by atoms with E-state index in [1.54, 1.807) is 6.07 Å². The fraction of sp³-hybridized carbons (Fsp3) is 0.250. The number of alkyl halides is 3. The molecule has 16 heavy (non-hydrogen) atoms. The van der Waals surface area contributed by atoms with E-state index in [4.69, 9.17) is 16.9 Å². The van der Waals surface area contributed by atoms with E-state index >= 15 is 0 Å². The molecule has 0 saturated heterocycles. The number of aromatic nitrogens is 1. The zero-order valence-corrected chi connectivity index (χ0v) is 8.41. The van der Waals surface area contributed by atoms with E-state index in [2.05, 4.69) is 4.98 Å². The van der Waals surface area contributed by atoms with Crippen LogP contribution in [0.5, 0.6) is 0 Å². The second kappa shape index (κ2) is 4.81. The van der Waals surface area contributed by atoms with Crippen LogP contribution in [-0.2, 0) is 5.88 Å². The van der Waals surface area contributed by atoms with Gasteiger partial charge in [0.15, 0.2) is 5.69 Å². The highest BCUT2D eigenvalue weighted by atomic mass is 35.5. The second-order valence-electron chi connectivity index (χ2n) is 2.69. The molecule has 1 aromatic heterocycles. The third-order valence-corrected chi connectivity index (χ3v) is 2.10. The molecule has 0 atom stereocenters. The molecule has 84 valence electrons. The number of nitro groups is 1. The first-order valence-electron chi connectivity index (χ1n) is 3.93. The Morgan fingerprint density at radius 2 is 2.31 bits per heavy atom. The maximum atomic E-state index is 12.4. The quantitative estimate of drug-likeness (QED) is 0.467. The summed E-state index contributed by atoms with van der Waals surface area (Å²) in [5.74, 6) is -0.401. The minimum atomic E-state index is -3.09. The summed E-state index contributed by atoms with van der Waals surface area (Å²) in [6, 6.07) is 1.61. The van der Waals surface area contributed by atoms with Gasteiger partial charge < -0.3 is 0 Å². The molecule has 1 rings (SSSR count). The Bertz CT molecular complexity index is 473. The van der Waals surface area contributed by atoms with Gasteiger partial charge in [-0.15, -0.1) is 11.6 Å². The summed E-state index contributed by atoms with van der Waals surface area (Å²) < 4.78 is 24.9. The average molecular weight is 248 g/mol. The molecule has 5 nitrogen and oxygen atoms in total. The minimum Gasteiger partial charge on any atom is -0.258 e. The van der Waals surface area contributed by atoms with Crippen LogP contribution in [0.25, 0.3) is 0 Å². The van der Waals surface area contributed by atoms with Crippen molar-refractivity contribution in [2.45, 2.75) is 12.3 Å².